The largest absolute Gasteiger partial charge is 0.497 e. The number of carbonyl (C=O) groups is 2. The SMILES string of the molecule is COc1ccc(CC(=O)NCCN2CCN(C(=O)c3ccccc3)CC2)cc1. The van der Waals surface area contributed by atoms with Crippen LogP contribution in [-0.2, 0) is 11.2 Å². The molecule has 0 atom stereocenters. The highest BCUT2D eigenvalue weighted by molar-refractivity contribution is 5.94. The number of hydrogen-bond donors (Lipinski definition) is 1. The number of ether oxygens (including phenoxy) is 1. The van der Waals surface area contributed by atoms with Crippen molar-refractivity contribution >= 4 is 11.8 Å². The van der Waals surface area contributed by atoms with Crippen molar-refractivity contribution in [3.8, 4) is 5.75 Å². The summed E-state index contributed by atoms with van der Waals surface area (Å²) in [5.41, 5.74) is 1.70. The molecule has 2 amide bonds. The van der Waals surface area contributed by atoms with Crippen LogP contribution in [0, 0.1) is 0 Å². The third-order valence-electron chi connectivity index (χ3n) is 4.95. The standard InChI is InChI=1S/C22H27N3O3/c1-28-20-9-7-18(8-10-20)17-21(26)23-11-12-24-13-15-25(16-14-24)22(27)19-5-3-2-4-6-19/h2-10H,11-17H2,1H3,(H,23,26). The first kappa shape index (κ1) is 19.9. The number of hydrogen-bond acceptors (Lipinski definition) is 4. The molecule has 0 saturated carbocycles. The second kappa shape index (κ2) is 9.90. The maximum Gasteiger partial charge on any atom is 0.253 e. The van der Waals surface area contributed by atoms with Crippen LogP contribution in [0.2, 0.25) is 0 Å². The Morgan fingerprint density at radius 2 is 1.64 bits per heavy atom. The van der Waals surface area contributed by atoms with Gasteiger partial charge in [-0.2, -0.15) is 0 Å². The van der Waals surface area contributed by atoms with Crippen molar-refractivity contribution in [2.24, 2.45) is 0 Å². The minimum Gasteiger partial charge on any atom is -0.497 e. The van der Waals surface area contributed by atoms with E-state index >= 15 is 0 Å². The zero-order chi connectivity index (χ0) is 19.8. The van der Waals surface area contributed by atoms with E-state index < -0.39 is 0 Å². The third-order valence-corrected chi connectivity index (χ3v) is 4.95. The smallest absolute Gasteiger partial charge is 0.253 e. The number of nitrogens with one attached hydrogen (secondary N) is 1. The van der Waals surface area contributed by atoms with E-state index in [9.17, 15) is 9.59 Å². The summed E-state index contributed by atoms with van der Waals surface area (Å²) in [6.45, 7) is 4.49. The van der Waals surface area contributed by atoms with Gasteiger partial charge in [0.15, 0.2) is 0 Å². The van der Waals surface area contributed by atoms with E-state index in [1.807, 2.05) is 59.5 Å². The fraction of sp³-hybridized carbons (Fsp3) is 0.364. The molecule has 2 aromatic carbocycles. The van der Waals surface area contributed by atoms with E-state index in [0.29, 0.717) is 26.1 Å². The molecule has 6 nitrogen and oxygen atoms in total. The van der Waals surface area contributed by atoms with Gasteiger partial charge in [-0.25, -0.2) is 0 Å². The molecule has 6 heteroatoms. The van der Waals surface area contributed by atoms with Gasteiger partial charge in [0.25, 0.3) is 5.91 Å². The Bertz CT molecular complexity index is 769. The van der Waals surface area contributed by atoms with E-state index in [4.69, 9.17) is 4.74 Å². The Balaban J connectivity index is 1.35. The number of nitrogens with zero attached hydrogens (tertiary/aromatic N) is 2. The Kier molecular flexibility index (Phi) is 7.03. The van der Waals surface area contributed by atoms with Crippen LogP contribution in [0.4, 0.5) is 0 Å². The van der Waals surface area contributed by atoms with Crippen LogP contribution in [0.25, 0.3) is 0 Å². The van der Waals surface area contributed by atoms with Crippen molar-refractivity contribution in [1.82, 2.24) is 15.1 Å². The summed E-state index contributed by atoms with van der Waals surface area (Å²) >= 11 is 0. The lowest BCUT2D eigenvalue weighted by atomic mass is 10.1. The molecule has 1 heterocycles. The summed E-state index contributed by atoms with van der Waals surface area (Å²) in [5.74, 6) is 0.894. The zero-order valence-electron chi connectivity index (χ0n) is 16.3. The van der Waals surface area contributed by atoms with Gasteiger partial charge in [0.1, 0.15) is 5.75 Å². The summed E-state index contributed by atoms with van der Waals surface area (Å²) in [4.78, 5) is 28.7. The molecule has 148 valence electrons. The first-order valence-electron chi connectivity index (χ1n) is 9.62. The fourth-order valence-corrected chi connectivity index (χ4v) is 3.28. The predicted octanol–water partition coefficient (Wildman–Crippen LogP) is 1.81. The maximum absolute atomic E-state index is 12.5. The monoisotopic (exact) mass is 381 g/mol. The predicted molar refractivity (Wildman–Crippen MR) is 108 cm³/mol. The van der Waals surface area contributed by atoms with Crippen molar-refractivity contribution in [1.29, 1.82) is 0 Å². The summed E-state index contributed by atoms with van der Waals surface area (Å²) in [7, 11) is 1.62. The molecule has 1 aliphatic heterocycles. The summed E-state index contributed by atoms with van der Waals surface area (Å²) in [6.07, 6.45) is 0.364. The topological polar surface area (TPSA) is 61.9 Å². The third kappa shape index (κ3) is 5.57. The molecule has 1 N–H and O–H groups in total. The van der Waals surface area contributed by atoms with Crippen molar-refractivity contribution in [3.05, 3.63) is 65.7 Å². The van der Waals surface area contributed by atoms with Gasteiger partial charge in [-0.05, 0) is 29.8 Å². The lowest BCUT2D eigenvalue weighted by molar-refractivity contribution is -0.120. The normalized spacial score (nSPS) is 14.5. The van der Waals surface area contributed by atoms with Gasteiger partial charge in [-0.15, -0.1) is 0 Å². The van der Waals surface area contributed by atoms with Crippen LogP contribution in [-0.4, -0.2) is 68.0 Å². The second-order valence-electron chi connectivity index (χ2n) is 6.87. The molecule has 0 aromatic heterocycles. The van der Waals surface area contributed by atoms with Crippen LogP contribution in [0.3, 0.4) is 0 Å². The highest BCUT2D eigenvalue weighted by atomic mass is 16.5. The van der Waals surface area contributed by atoms with Crippen molar-refractivity contribution < 1.29 is 14.3 Å². The average molecular weight is 381 g/mol. The fourth-order valence-electron chi connectivity index (χ4n) is 3.28. The lowest BCUT2D eigenvalue weighted by Crippen LogP contribution is -2.50. The minimum absolute atomic E-state index is 0.0167. The first-order valence-corrected chi connectivity index (χ1v) is 9.62. The quantitative estimate of drug-likeness (QED) is 0.795. The molecule has 0 spiro atoms. The molecule has 1 fully saturated rings. The molecule has 3 rings (SSSR count). The molecule has 28 heavy (non-hydrogen) atoms. The number of rotatable bonds is 7. The number of benzene rings is 2. The van der Waals surface area contributed by atoms with Gasteiger partial charge < -0.3 is 15.0 Å². The molecule has 0 unspecified atom stereocenters. The van der Waals surface area contributed by atoms with Gasteiger partial charge in [0, 0.05) is 44.8 Å². The van der Waals surface area contributed by atoms with Crippen molar-refractivity contribution in [2.45, 2.75) is 6.42 Å². The van der Waals surface area contributed by atoms with Crippen LogP contribution < -0.4 is 10.1 Å². The molecule has 0 aliphatic carbocycles. The summed E-state index contributed by atoms with van der Waals surface area (Å²) in [5, 5.41) is 2.97. The Labute approximate surface area is 166 Å². The lowest BCUT2D eigenvalue weighted by Gasteiger charge is -2.34. The molecule has 2 aromatic rings. The number of piperazine rings is 1. The zero-order valence-corrected chi connectivity index (χ0v) is 16.3. The molecular weight excluding hydrogens is 354 g/mol. The Hall–Kier alpha value is -2.86. The Morgan fingerprint density at radius 1 is 0.964 bits per heavy atom. The van der Waals surface area contributed by atoms with Gasteiger partial charge in [0.05, 0.1) is 13.5 Å². The number of amides is 2. The van der Waals surface area contributed by atoms with Gasteiger partial charge >= 0.3 is 0 Å². The van der Waals surface area contributed by atoms with Gasteiger partial charge in [0.2, 0.25) is 5.91 Å². The van der Waals surface area contributed by atoms with E-state index in [0.717, 1.165) is 36.5 Å². The molecule has 1 saturated heterocycles. The highest BCUT2D eigenvalue weighted by Crippen LogP contribution is 2.11. The van der Waals surface area contributed by atoms with Crippen LogP contribution in [0.1, 0.15) is 15.9 Å². The summed E-state index contributed by atoms with van der Waals surface area (Å²) < 4.78 is 5.12. The minimum atomic E-state index is 0.0167. The van der Waals surface area contributed by atoms with Crippen LogP contribution in [0.5, 0.6) is 5.75 Å². The van der Waals surface area contributed by atoms with Gasteiger partial charge in [-0.3, -0.25) is 14.5 Å². The average Bonchev–Trinajstić information content (AvgIpc) is 2.75. The highest BCUT2D eigenvalue weighted by Gasteiger charge is 2.21. The van der Waals surface area contributed by atoms with E-state index in [-0.39, 0.29) is 11.8 Å². The van der Waals surface area contributed by atoms with E-state index in [1.165, 1.54) is 0 Å². The van der Waals surface area contributed by atoms with E-state index in [2.05, 4.69) is 10.2 Å². The Morgan fingerprint density at radius 3 is 2.29 bits per heavy atom. The first-order chi connectivity index (χ1) is 13.7. The molecular formula is C22H27N3O3. The van der Waals surface area contributed by atoms with Gasteiger partial charge in [-0.1, -0.05) is 30.3 Å². The number of methoxy groups -OCH3 is 1. The van der Waals surface area contributed by atoms with Crippen molar-refractivity contribution in [2.75, 3.05) is 46.4 Å². The van der Waals surface area contributed by atoms with E-state index in [1.54, 1.807) is 7.11 Å². The second-order valence-corrected chi connectivity index (χ2v) is 6.87. The molecule has 0 radical (unpaired) electrons. The summed E-state index contributed by atoms with van der Waals surface area (Å²) in [6, 6.07) is 16.9. The van der Waals surface area contributed by atoms with Crippen LogP contribution >= 0.6 is 0 Å². The molecule has 1 aliphatic rings. The van der Waals surface area contributed by atoms with Crippen molar-refractivity contribution in [3.63, 3.8) is 0 Å². The maximum atomic E-state index is 12.5. The number of carbonyl (C=O) groups excluding carboxylic acids is 2. The molecule has 0 bridgehead atoms. The van der Waals surface area contributed by atoms with Crippen LogP contribution in [0.15, 0.2) is 54.6 Å².